The van der Waals surface area contributed by atoms with Gasteiger partial charge < -0.3 is 4.74 Å². The zero-order chi connectivity index (χ0) is 9.47. The summed E-state index contributed by atoms with van der Waals surface area (Å²) in [5.41, 5.74) is 0.175. The van der Waals surface area contributed by atoms with Gasteiger partial charge in [-0.3, -0.25) is 4.79 Å². The van der Waals surface area contributed by atoms with Gasteiger partial charge in [-0.1, -0.05) is 0 Å². The summed E-state index contributed by atoms with van der Waals surface area (Å²) in [5.74, 6) is 0.577. The molecule has 2 heterocycles. The molecule has 0 radical (unpaired) electrons. The Hall–Kier alpha value is -1.38. The number of aromatic nitrogens is 1. The van der Waals surface area contributed by atoms with E-state index in [-0.39, 0.29) is 5.78 Å². The van der Waals surface area contributed by atoms with Crippen molar-refractivity contribution in [2.24, 2.45) is 5.41 Å². The molecule has 1 aliphatic rings. The minimum atomic E-state index is -0.421. The number of carbonyl (C=O) groups is 1. The molecule has 3 heteroatoms. The zero-order valence-electron chi connectivity index (χ0n) is 7.70. The molecule has 0 fully saturated rings. The monoisotopic (exact) mass is 177 g/mol. The van der Waals surface area contributed by atoms with E-state index >= 15 is 0 Å². The largest absolute Gasteiger partial charge is 0.476 e. The number of Topliss-reactive ketones (excluding diaryl/α,β-unsaturated/α-hetero) is 1. The summed E-state index contributed by atoms with van der Waals surface area (Å²) < 4.78 is 5.38. The Morgan fingerprint density at radius 3 is 3.08 bits per heavy atom. The number of carbonyl (C=O) groups excluding carboxylic acids is 1. The highest BCUT2D eigenvalue weighted by Crippen LogP contribution is 2.31. The fraction of sp³-hybridized carbons (Fsp3) is 0.400. The van der Waals surface area contributed by atoms with Crippen LogP contribution in [0, 0.1) is 5.41 Å². The van der Waals surface area contributed by atoms with E-state index in [2.05, 4.69) is 4.98 Å². The lowest BCUT2D eigenvalue weighted by molar-refractivity contribution is 0.0682. The van der Waals surface area contributed by atoms with Gasteiger partial charge >= 0.3 is 0 Å². The summed E-state index contributed by atoms with van der Waals surface area (Å²) in [4.78, 5) is 15.8. The zero-order valence-corrected chi connectivity index (χ0v) is 7.70. The molecule has 0 amide bonds. The molecular weight excluding hydrogens is 166 g/mol. The topological polar surface area (TPSA) is 39.2 Å². The van der Waals surface area contributed by atoms with E-state index in [1.807, 2.05) is 13.8 Å². The summed E-state index contributed by atoms with van der Waals surface area (Å²) in [5, 5.41) is 0. The van der Waals surface area contributed by atoms with Crippen LogP contribution in [0.4, 0.5) is 0 Å². The fourth-order valence-corrected chi connectivity index (χ4v) is 1.36. The quantitative estimate of drug-likeness (QED) is 0.605. The molecular formula is C10H11NO2. The first kappa shape index (κ1) is 8.23. The van der Waals surface area contributed by atoms with Crippen molar-refractivity contribution in [3.63, 3.8) is 0 Å². The second-order valence-corrected chi connectivity index (χ2v) is 3.86. The molecule has 1 aromatic rings. The van der Waals surface area contributed by atoms with Crippen LogP contribution in [0.3, 0.4) is 0 Å². The third kappa shape index (κ3) is 1.20. The van der Waals surface area contributed by atoms with Crippen molar-refractivity contribution in [2.75, 3.05) is 6.61 Å². The molecule has 0 unspecified atom stereocenters. The summed E-state index contributed by atoms with van der Waals surface area (Å²) in [6, 6.07) is 3.51. The van der Waals surface area contributed by atoms with Crippen molar-refractivity contribution < 1.29 is 9.53 Å². The van der Waals surface area contributed by atoms with Crippen molar-refractivity contribution in [3.8, 4) is 5.88 Å². The molecule has 0 atom stereocenters. The summed E-state index contributed by atoms with van der Waals surface area (Å²) in [6.07, 6.45) is 1.63. The first-order valence-corrected chi connectivity index (χ1v) is 4.24. The van der Waals surface area contributed by atoms with Crippen LogP contribution in [-0.2, 0) is 0 Å². The first-order valence-electron chi connectivity index (χ1n) is 4.24. The number of rotatable bonds is 0. The lowest BCUT2D eigenvalue weighted by atomic mass is 9.84. The van der Waals surface area contributed by atoms with Gasteiger partial charge in [0.2, 0.25) is 5.88 Å². The maximum Gasteiger partial charge on any atom is 0.224 e. The van der Waals surface area contributed by atoms with Crippen LogP contribution in [0.15, 0.2) is 18.3 Å². The molecule has 1 aliphatic heterocycles. The van der Waals surface area contributed by atoms with E-state index in [0.717, 1.165) is 0 Å². The first-order chi connectivity index (χ1) is 6.11. The molecule has 0 saturated heterocycles. The molecule has 1 aromatic heterocycles. The second-order valence-electron chi connectivity index (χ2n) is 3.86. The van der Waals surface area contributed by atoms with Crippen LogP contribution in [0.5, 0.6) is 5.88 Å². The average Bonchev–Trinajstić information content (AvgIpc) is 2.13. The van der Waals surface area contributed by atoms with Gasteiger partial charge in [-0.2, -0.15) is 0 Å². The number of nitrogens with zero attached hydrogens (tertiary/aromatic N) is 1. The van der Waals surface area contributed by atoms with Gasteiger partial charge in [0, 0.05) is 6.20 Å². The lowest BCUT2D eigenvalue weighted by Gasteiger charge is -2.28. The normalized spacial score (nSPS) is 19.1. The van der Waals surface area contributed by atoms with E-state index < -0.39 is 5.41 Å². The minimum absolute atomic E-state index is 0.113. The van der Waals surface area contributed by atoms with Gasteiger partial charge in [0.25, 0.3) is 0 Å². The molecule has 0 N–H and O–H groups in total. The SMILES string of the molecule is CC1(C)COc2ncccc2C1=O. The van der Waals surface area contributed by atoms with Gasteiger partial charge in [-0.25, -0.2) is 4.98 Å². The van der Waals surface area contributed by atoms with Gasteiger partial charge in [0.15, 0.2) is 5.78 Å². The maximum atomic E-state index is 11.8. The Morgan fingerprint density at radius 2 is 2.31 bits per heavy atom. The molecule has 13 heavy (non-hydrogen) atoms. The number of hydrogen-bond acceptors (Lipinski definition) is 3. The van der Waals surface area contributed by atoms with Gasteiger partial charge in [-0.05, 0) is 26.0 Å². The van der Waals surface area contributed by atoms with Crippen molar-refractivity contribution in [1.82, 2.24) is 4.98 Å². The maximum absolute atomic E-state index is 11.8. The fourth-order valence-electron chi connectivity index (χ4n) is 1.36. The van der Waals surface area contributed by atoms with Crippen molar-refractivity contribution >= 4 is 5.78 Å². The highest BCUT2D eigenvalue weighted by molar-refractivity contribution is 6.02. The standard InChI is InChI=1S/C10H11NO2/c1-10(2)6-13-9-7(8(10)12)4-3-5-11-9/h3-5H,6H2,1-2H3. The summed E-state index contributed by atoms with van der Waals surface area (Å²) in [7, 11) is 0. The summed E-state index contributed by atoms with van der Waals surface area (Å²) >= 11 is 0. The molecule has 68 valence electrons. The molecule has 3 nitrogen and oxygen atoms in total. The molecule has 0 aromatic carbocycles. The van der Waals surface area contributed by atoms with Crippen LogP contribution in [0.1, 0.15) is 24.2 Å². The molecule has 2 rings (SSSR count). The Bertz CT molecular complexity index is 358. The van der Waals surface area contributed by atoms with Crippen molar-refractivity contribution in [3.05, 3.63) is 23.9 Å². The van der Waals surface area contributed by atoms with Gasteiger partial charge in [-0.15, -0.1) is 0 Å². The van der Waals surface area contributed by atoms with Crippen molar-refractivity contribution in [2.45, 2.75) is 13.8 Å². The smallest absolute Gasteiger partial charge is 0.224 e. The number of ether oxygens (including phenoxy) is 1. The lowest BCUT2D eigenvalue weighted by Crippen LogP contribution is -2.35. The van der Waals surface area contributed by atoms with E-state index in [9.17, 15) is 4.79 Å². The predicted octanol–water partition coefficient (Wildman–Crippen LogP) is 1.68. The van der Waals surface area contributed by atoms with E-state index in [1.54, 1.807) is 18.3 Å². The van der Waals surface area contributed by atoms with Crippen LogP contribution < -0.4 is 4.74 Å². The number of ketones is 1. The van der Waals surface area contributed by atoms with E-state index in [1.165, 1.54) is 0 Å². The molecule has 0 bridgehead atoms. The van der Waals surface area contributed by atoms with Gasteiger partial charge in [0.05, 0.1) is 11.0 Å². The Labute approximate surface area is 76.7 Å². The Balaban J connectivity index is 2.52. The van der Waals surface area contributed by atoms with E-state index in [0.29, 0.717) is 18.1 Å². The number of fused-ring (bicyclic) bond motifs is 1. The predicted molar refractivity (Wildman–Crippen MR) is 47.8 cm³/mol. The third-order valence-corrected chi connectivity index (χ3v) is 2.20. The highest BCUT2D eigenvalue weighted by Gasteiger charge is 2.36. The van der Waals surface area contributed by atoms with Crippen LogP contribution in [-0.4, -0.2) is 17.4 Å². The highest BCUT2D eigenvalue weighted by atomic mass is 16.5. The molecule has 0 spiro atoms. The van der Waals surface area contributed by atoms with Crippen molar-refractivity contribution in [1.29, 1.82) is 0 Å². The second kappa shape index (κ2) is 2.55. The van der Waals surface area contributed by atoms with Crippen LogP contribution in [0.2, 0.25) is 0 Å². The van der Waals surface area contributed by atoms with E-state index in [4.69, 9.17) is 4.74 Å². The molecule has 0 saturated carbocycles. The van der Waals surface area contributed by atoms with Gasteiger partial charge in [0.1, 0.15) is 6.61 Å². The third-order valence-electron chi connectivity index (χ3n) is 2.20. The number of pyridine rings is 1. The van der Waals surface area contributed by atoms with Crippen LogP contribution in [0.25, 0.3) is 0 Å². The molecule has 0 aliphatic carbocycles. The Morgan fingerprint density at radius 1 is 1.54 bits per heavy atom. The number of hydrogen-bond donors (Lipinski definition) is 0. The summed E-state index contributed by atoms with van der Waals surface area (Å²) in [6.45, 7) is 4.17. The minimum Gasteiger partial charge on any atom is -0.476 e. The Kier molecular flexibility index (Phi) is 1.62. The average molecular weight is 177 g/mol. The van der Waals surface area contributed by atoms with Crippen LogP contribution >= 0.6 is 0 Å².